The molecule has 6 heteroatoms. The van der Waals surface area contributed by atoms with Crippen LogP contribution in [0.4, 0.5) is 5.69 Å². The average molecular weight is 294 g/mol. The van der Waals surface area contributed by atoms with Crippen molar-refractivity contribution in [1.29, 1.82) is 0 Å². The van der Waals surface area contributed by atoms with Crippen LogP contribution in [-0.4, -0.2) is 22.9 Å². The zero-order valence-corrected chi connectivity index (χ0v) is 12.4. The van der Waals surface area contributed by atoms with E-state index in [2.05, 4.69) is 10.4 Å². The number of ether oxygens (including phenoxy) is 1. The van der Waals surface area contributed by atoms with Crippen molar-refractivity contribution in [3.63, 3.8) is 0 Å². The molecule has 1 aromatic heterocycles. The summed E-state index contributed by atoms with van der Waals surface area (Å²) in [6.45, 7) is 2.58. The Morgan fingerprint density at radius 3 is 2.85 bits per heavy atom. The standard InChI is InChI=1S/C14H16ClN3O2/c1-9-10(8-18(2)17-9)7-16-11-4-5-13(15)12(6-11)14(19)20-3/h4-6,8,16H,7H2,1-3H3. The summed E-state index contributed by atoms with van der Waals surface area (Å²) in [5.74, 6) is -0.448. The molecule has 0 bridgehead atoms. The van der Waals surface area contributed by atoms with Crippen molar-refractivity contribution in [1.82, 2.24) is 9.78 Å². The summed E-state index contributed by atoms with van der Waals surface area (Å²) in [5, 5.41) is 7.89. The minimum atomic E-state index is -0.448. The van der Waals surface area contributed by atoms with Crippen molar-refractivity contribution >= 4 is 23.3 Å². The Balaban J connectivity index is 2.14. The third-order valence-electron chi connectivity index (χ3n) is 2.97. The van der Waals surface area contributed by atoms with Crippen LogP contribution in [0.2, 0.25) is 5.02 Å². The summed E-state index contributed by atoms with van der Waals surface area (Å²) in [6, 6.07) is 5.17. The molecule has 106 valence electrons. The fraction of sp³-hybridized carbons (Fsp3) is 0.286. The van der Waals surface area contributed by atoms with Gasteiger partial charge in [-0.25, -0.2) is 4.79 Å². The number of halogens is 1. The van der Waals surface area contributed by atoms with E-state index < -0.39 is 5.97 Å². The van der Waals surface area contributed by atoms with Gasteiger partial charge < -0.3 is 10.1 Å². The van der Waals surface area contributed by atoms with E-state index >= 15 is 0 Å². The van der Waals surface area contributed by atoms with Crippen molar-refractivity contribution in [2.24, 2.45) is 7.05 Å². The maximum absolute atomic E-state index is 11.6. The maximum Gasteiger partial charge on any atom is 0.339 e. The molecule has 0 aliphatic rings. The van der Waals surface area contributed by atoms with Gasteiger partial charge in [0, 0.05) is 31.0 Å². The number of nitrogens with zero attached hydrogens (tertiary/aromatic N) is 2. The third kappa shape index (κ3) is 3.11. The molecule has 1 aromatic carbocycles. The molecular weight excluding hydrogens is 278 g/mol. The van der Waals surface area contributed by atoms with Gasteiger partial charge in [-0.3, -0.25) is 4.68 Å². The molecule has 0 fully saturated rings. The highest BCUT2D eigenvalue weighted by molar-refractivity contribution is 6.33. The van der Waals surface area contributed by atoms with Gasteiger partial charge in [0.15, 0.2) is 0 Å². The summed E-state index contributed by atoms with van der Waals surface area (Å²) in [5.41, 5.74) is 3.23. The Morgan fingerprint density at radius 2 is 2.25 bits per heavy atom. The monoisotopic (exact) mass is 293 g/mol. The third-order valence-corrected chi connectivity index (χ3v) is 3.30. The molecule has 0 saturated carbocycles. The summed E-state index contributed by atoms with van der Waals surface area (Å²) >= 11 is 5.97. The number of benzene rings is 1. The predicted molar refractivity (Wildman–Crippen MR) is 78.1 cm³/mol. The van der Waals surface area contributed by atoms with Crippen molar-refractivity contribution in [3.05, 3.63) is 46.2 Å². The van der Waals surface area contributed by atoms with Crippen LogP contribution in [0, 0.1) is 6.92 Å². The summed E-state index contributed by atoms with van der Waals surface area (Å²) < 4.78 is 6.46. The van der Waals surface area contributed by atoms with Crippen LogP contribution in [0.5, 0.6) is 0 Å². The normalized spacial score (nSPS) is 10.4. The molecule has 20 heavy (non-hydrogen) atoms. The Bertz CT molecular complexity index is 637. The minimum Gasteiger partial charge on any atom is -0.465 e. The lowest BCUT2D eigenvalue weighted by Gasteiger charge is -2.08. The SMILES string of the molecule is COC(=O)c1cc(NCc2cn(C)nc2C)ccc1Cl. The van der Waals surface area contributed by atoms with Gasteiger partial charge in [0.25, 0.3) is 0 Å². The van der Waals surface area contributed by atoms with Gasteiger partial charge in [-0.15, -0.1) is 0 Å². The van der Waals surface area contributed by atoms with Gasteiger partial charge in [0.05, 0.1) is 23.4 Å². The topological polar surface area (TPSA) is 56.1 Å². The number of aryl methyl sites for hydroxylation is 2. The van der Waals surface area contributed by atoms with E-state index in [9.17, 15) is 4.79 Å². The summed E-state index contributed by atoms with van der Waals surface area (Å²) in [4.78, 5) is 11.6. The van der Waals surface area contributed by atoms with Crippen molar-refractivity contribution in [2.75, 3.05) is 12.4 Å². The first-order valence-corrected chi connectivity index (χ1v) is 6.50. The van der Waals surface area contributed by atoms with E-state index in [1.54, 1.807) is 16.8 Å². The number of nitrogens with one attached hydrogen (secondary N) is 1. The summed E-state index contributed by atoms with van der Waals surface area (Å²) in [6.07, 6.45) is 1.96. The van der Waals surface area contributed by atoms with E-state index in [0.717, 1.165) is 16.9 Å². The lowest BCUT2D eigenvalue weighted by Crippen LogP contribution is -2.05. The largest absolute Gasteiger partial charge is 0.465 e. The van der Waals surface area contributed by atoms with Gasteiger partial charge in [-0.1, -0.05) is 11.6 Å². The lowest BCUT2D eigenvalue weighted by molar-refractivity contribution is 0.0601. The van der Waals surface area contributed by atoms with E-state index in [-0.39, 0.29) is 0 Å². The highest BCUT2D eigenvalue weighted by Crippen LogP contribution is 2.22. The molecule has 5 nitrogen and oxygen atoms in total. The number of carbonyl (C=O) groups excluding carboxylic acids is 1. The molecule has 0 spiro atoms. The van der Waals surface area contributed by atoms with Crippen molar-refractivity contribution in [3.8, 4) is 0 Å². The number of aromatic nitrogens is 2. The second-order valence-corrected chi connectivity index (χ2v) is 4.86. The van der Waals surface area contributed by atoms with Gasteiger partial charge in [-0.2, -0.15) is 5.10 Å². The van der Waals surface area contributed by atoms with Gasteiger partial charge in [0.2, 0.25) is 0 Å². The van der Waals surface area contributed by atoms with Crippen LogP contribution in [0.1, 0.15) is 21.6 Å². The van der Waals surface area contributed by atoms with Crippen molar-refractivity contribution in [2.45, 2.75) is 13.5 Å². The Kier molecular flexibility index (Phi) is 4.29. The van der Waals surface area contributed by atoms with Gasteiger partial charge >= 0.3 is 5.97 Å². The van der Waals surface area contributed by atoms with Gasteiger partial charge in [0.1, 0.15) is 0 Å². The van der Waals surface area contributed by atoms with E-state index in [4.69, 9.17) is 16.3 Å². The highest BCUT2D eigenvalue weighted by atomic mass is 35.5. The predicted octanol–water partition coefficient (Wildman–Crippen LogP) is 2.78. The molecule has 1 heterocycles. The van der Waals surface area contributed by atoms with Crippen LogP contribution in [0.25, 0.3) is 0 Å². The first-order valence-electron chi connectivity index (χ1n) is 6.12. The second kappa shape index (κ2) is 5.96. The Labute approximate surface area is 122 Å². The number of rotatable bonds is 4. The molecule has 0 atom stereocenters. The minimum absolute atomic E-state index is 0.349. The summed E-state index contributed by atoms with van der Waals surface area (Å²) in [7, 11) is 3.21. The molecule has 2 rings (SSSR count). The molecular formula is C14H16ClN3O2. The molecule has 0 saturated heterocycles. The van der Waals surface area contributed by atoms with Crippen LogP contribution in [0.15, 0.2) is 24.4 Å². The van der Waals surface area contributed by atoms with Crippen LogP contribution < -0.4 is 5.32 Å². The first kappa shape index (κ1) is 14.4. The van der Waals surface area contributed by atoms with Crippen LogP contribution in [0.3, 0.4) is 0 Å². The quantitative estimate of drug-likeness (QED) is 0.881. The molecule has 0 radical (unpaired) electrons. The second-order valence-electron chi connectivity index (χ2n) is 4.45. The fourth-order valence-corrected chi connectivity index (χ4v) is 2.12. The average Bonchev–Trinajstić information content (AvgIpc) is 2.75. The Hall–Kier alpha value is -2.01. The lowest BCUT2D eigenvalue weighted by atomic mass is 10.2. The van der Waals surface area contributed by atoms with E-state index in [1.165, 1.54) is 7.11 Å². The molecule has 0 aliphatic carbocycles. The number of hydrogen-bond donors (Lipinski definition) is 1. The number of esters is 1. The highest BCUT2D eigenvalue weighted by Gasteiger charge is 2.11. The Morgan fingerprint density at radius 1 is 1.50 bits per heavy atom. The fourth-order valence-electron chi connectivity index (χ4n) is 1.92. The van der Waals surface area contributed by atoms with Crippen LogP contribution in [-0.2, 0) is 18.3 Å². The number of hydrogen-bond acceptors (Lipinski definition) is 4. The smallest absolute Gasteiger partial charge is 0.339 e. The molecule has 0 amide bonds. The van der Waals surface area contributed by atoms with Crippen LogP contribution >= 0.6 is 11.6 Å². The maximum atomic E-state index is 11.6. The molecule has 2 aromatic rings. The molecule has 0 unspecified atom stereocenters. The van der Waals surface area contributed by atoms with Crippen molar-refractivity contribution < 1.29 is 9.53 Å². The van der Waals surface area contributed by atoms with Gasteiger partial charge in [-0.05, 0) is 25.1 Å². The molecule has 0 aliphatic heterocycles. The first-order chi connectivity index (χ1) is 9.51. The van der Waals surface area contributed by atoms with E-state index in [0.29, 0.717) is 17.1 Å². The van der Waals surface area contributed by atoms with E-state index in [1.807, 2.05) is 26.2 Å². The number of anilines is 1. The number of methoxy groups -OCH3 is 1. The zero-order chi connectivity index (χ0) is 14.7. The zero-order valence-electron chi connectivity index (χ0n) is 11.6. The molecule has 1 N–H and O–H groups in total. The number of carbonyl (C=O) groups is 1.